The molecule has 0 aromatic heterocycles. The van der Waals surface area contributed by atoms with Gasteiger partial charge in [-0.05, 0) is 51.1 Å². The first-order valence-corrected chi connectivity index (χ1v) is 7.59. The van der Waals surface area contributed by atoms with Crippen LogP contribution >= 0.6 is 0 Å². The SMILES string of the molecule is CNCc1cccc(OCCN(C)C(C)CC(C)C)c1. The summed E-state index contributed by atoms with van der Waals surface area (Å²) in [6.07, 6.45) is 1.23. The van der Waals surface area contributed by atoms with Gasteiger partial charge in [-0.15, -0.1) is 0 Å². The zero-order valence-corrected chi connectivity index (χ0v) is 13.6. The van der Waals surface area contributed by atoms with E-state index >= 15 is 0 Å². The molecule has 0 fully saturated rings. The molecule has 0 aliphatic rings. The van der Waals surface area contributed by atoms with Crippen molar-refractivity contribution in [2.45, 2.75) is 39.8 Å². The van der Waals surface area contributed by atoms with E-state index in [0.717, 1.165) is 31.4 Å². The van der Waals surface area contributed by atoms with Crippen LogP contribution in [0.3, 0.4) is 0 Å². The van der Waals surface area contributed by atoms with Gasteiger partial charge in [0.15, 0.2) is 0 Å². The van der Waals surface area contributed by atoms with Crippen LogP contribution in [0, 0.1) is 5.92 Å². The Balaban J connectivity index is 2.34. The topological polar surface area (TPSA) is 24.5 Å². The van der Waals surface area contributed by atoms with Crippen LogP contribution in [-0.4, -0.2) is 38.2 Å². The Hall–Kier alpha value is -1.06. The molecule has 1 atom stereocenters. The van der Waals surface area contributed by atoms with Gasteiger partial charge in [-0.25, -0.2) is 0 Å². The van der Waals surface area contributed by atoms with Gasteiger partial charge < -0.3 is 15.0 Å². The lowest BCUT2D eigenvalue weighted by molar-refractivity contribution is 0.184. The molecule has 1 aromatic carbocycles. The van der Waals surface area contributed by atoms with Crippen LogP contribution < -0.4 is 10.1 Å². The third-order valence-corrected chi connectivity index (χ3v) is 3.56. The van der Waals surface area contributed by atoms with Gasteiger partial charge in [-0.3, -0.25) is 0 Å². The number of ether oxygens (including phenoxy) is 1. The van der Waals surface area contributed by atoms with E-state index in [0.29, 0.717) is 6.04 Å². The third-order valence-electron chi connectivity index (χ3n) is 3.56. The van der Waals surface area contributed by atoms with Crippen LogP contribution in [0.5, 0.6) is 5.75 Å². The highest BCUT2D eigenvalue weighted by Crippen LogP contribution is 2.14. The quantitative estimate of drug-likeness (QED) is 0.751. The second kappa shape index (κ2) is 8.98. The van der Waals surface area contributed by atoms with Crippen LogP contribution in [-0.2, 0) is 6.54 Å². The van der Waals surface area contributed by atoms with Gasteiger partial charge >= 0.3 is 0 Å². The third kappa shape index (κ3) is 6.40. The van der Waals surface area contributed by atoms with E-state index in [1.165, 1.54) is 12.0 Å². The molecule has 0 spiro atoms. The number of likely N-dealkylation sites (N-methyl/N-ethyl adjacent to an activating group) is 1. The molecule has 1 aromatic rings. The standard InChI is InChI=1S/C17H30N2O/c1-14(2)11-15(3)19(5)9-10-20-17-8-6-7-16(12-17)13-18-4/h6-8,12,14-15,18H,9-11,13H2,1-5H3. The molecule has 0 bridgehead atoms. The second-order valence-corrected chi connectivity index (χ2v) is 5.99. The van der Waals surface area contributed by atoms with Crippen molar-refractivity contribution in [2.24, 2.45) is 5.92 Å². The molecule has 0 heterocycles. The Labute approximate surface area is 124 Å². The molecule has 1 N–H and O–H groups in total. The zero-order chi connectivity index (χ0) is 15.0. The number of benzene rings is 1. The molecule has 0 amide bonds. The Morgan fingerprint density at radius 2 is 2.00 bits per heavy atom. The molecule has 114 valence electrons. The Bertz CT molecular complexity index is 379. The molecule has 3 heteroatoms. The Morgan fingerprint density at radius 1 is 1.25 bits per heavy atom. The van der Waals surface area contributed by atoms with E-state index in [2.05, 4.69) is 50.2 Å². The molecule has 0 saturated heterocycles. The predicted octanol–water partition coefficient (Wildman–Crippen LogP) is 3.15. The summed E-state index contributed by atoms with van der Waals surface area (Å²) >= 11 is 0. The molecule has 1 unspecified atom stereocenters. The summed E-state index contributed by atoms with van der Waals surface area (Å²) in [6.45, 7) is 9.41. The first-order valence-electron chi connectivity index (χ1n) is 7.59. The summed E-state index contributed by atoms with van der Waals surface area (Å²) in [4.78, 5) is 2.37. The van der Waals surface area contributed by atoms with Crippen LogP contribution in [0.4, 0.5) is 0 Å². The van der Waals surface area contributed by atoms with Gasteiger partial charge in [-0.1, -0.05) is 26.0 Å². The highest BCUT2D eigenvalue weighted by Gasteiger charge is 2.10. The number of rotatable bonds is 9. The predicted molar refractivity (Wildman–Crippen MR) is 86.2 cm³/mol. The molecular formula is C17H30N2O. The normalized spacial score (nSPS) is 12.9. The monoisotopic (exact) mass is 278 g/mol. The van der Waals surface area contributed by atoms with Crippen molar-refractivity contribution in [1.29, 1.82) is 0 Å². The molecule has 1 rings (SSSR count). The lowest BCUT2D eigenvalue weighted by atomic mass is 10.0. The summed E-state index contributed by atoms with van der Waals surface area (Å²) in [5.74, 6) is 1.70. The van der Waals surface area contributed by atoms with Crippen molar-refractivity contribution < 1.29 is 4.74 Å². The van der Waals surface area contributed by atoms with Gasteiger partial charge in [0.2, 0.25) is 0 Å². The number of hydrogen-bond donors (Lipinski definition) is 1. The fourth-order valence-corrected chi connectivity index (χ4v) is 2.34. The molecule has 0 aliphatic heterocycles. The first-order chi connectivity index (χ1) is 9.52. The highest BCUT2D eigenvalue weighted by atomic mass is 16.5. The average molecular weight is 278 g/mol. The van der Waals surface area contributed by atoms with Crippen LogP contribution in [0.2, 0.25) is 0 Å². The van der Waals surface area contributed by atoms with Gasteiger partial charge in [0, 0.05) is 19.1 Å². The van der Waals surface area contributed by atoms with Gasteiger partial charge in [-0.2, -0.15) is 0 Å². The van der Waals surface area contributed by atoms with Crippen LogP contribution in [0.15, 0.2) is 24.3 Å². The zero-order valence-electron chi connectivity index (χ0n) is 13.6. The fraction of sp³-hybridized carbons (Fsp3) is 0.647. The van der Waals surface area contributed by atoms with Gasteiger partial charge in [0.05, 0.1) is 0 Å². The van der Waals surface area contributed by atoms with Crippen molar-refractivity contribution in [3.8, 4) is 5.75 Å². The van der Waals surface area contributed by atoms with Crippen molar-refractivity contribution in [2.75, 3.05) is 27.2 Å². The number of nitrogens with one attached hydrogen (secondary N) is 1. The van der Waals surface area contributed by atoms with E-state index in [9.17, 15) is 0 Å². The molecule has 0 radical (unpaired) electrons. The lowest BCUT2D eigenvalue weighted by Crippen LogP contribution is -2.33. The second-order valence-electron chi connectivity index (χ2n) is 5.99. The van der Waals surface area contributed by atoms with Crippen molar-refractivity contribution in [1.82, 2.24) is 10.2 Å². The molecule has 0 aliphatic carbocycles. The summed E-state index contributed by atoms with van der Waals surface area (Å²) < 4.78 is 5.85. The van der Waals surface area contributed by atoms with Crippen molar-refractivity contribution >= 4 is 0 Å². The number of nitrogens with zero attached hydrogens (tertiary/aromatic N) is 1. The minimum atomic E-state index is 0.606. The van der Waals surface area contributed by atoms with E-state index in [1.807, 2.05) is 19.2 Å². The minimum Gasteiger partial charge on any atom is -0.492 e. The van der Waals surface area contributed by atoms with Gasteiger partial charge in [0.1, 0.15) is 12.4 Å². The van der Waals surface area contributed by atoms with Crippen LogP contribution in [0.1, 0.15) is 32.8 Å². The van der Waals surface area contributed by atoms with E-state index in [1.54, 1.807) is 0 Å². The van der Waals surface area contributed by atoms with E-state index in [4.69, 9.17) is 4.74 Å². The maximum atomic E-state index is 5.85. The minimum absolute atomic E-state index is 0.606. The summed E-state index contributed by atoms with van der Waals surface area (Å²) in [5, 5.41) is 3.15. The first kappa shape index (κ1) is 17.0. The molecule has 20 heavy (non-hydrogen) atoms. The van der Waals surface area contributed by atoms with Crippen molar-refractivity contribution in [3.05, 3.63) is 29.8 Å². The van der Waals surface area contributed by atoms with Crippen molar-refractivity contribution in [3.63, 3.8) is 0 Å². The maximum absolute atomic E-state index is 5.85. The summed E-state index contributed by atoms with van der Waals surface area (Å²) in [7, 11) is 4.13. The average Bonchev–Trinajstić information content (AvgIpc) is 2.38. The summed E-state index contributed by atoms with van der Waals surface area (Å²) in [6, 6.07) is 8.90. The largest absolute Gasteiger partial charge is 0.492 e. The lowest BCUT2D eigenvalue weighted by Gasteiger charge is -2.26. The Kier molecular flexibility index (Phi) is 7.63. The smallest absolute Gasteiger partial charge is 0.119 e. The number of hydrogen-bond acceptors (Lipinski definition) is 3. The van der Waals surface area contributed by atoms with Crippen LogP contribution in [0.25, 0.3) is 0 Å². The fourth-order valence-electron chi connectivity index (χ4n) is 2.34. The molecule has 0 saturated carbocycles. The van der Waals surface area contributed by atoms with E-state index < -0.39 is 0 Å². The Morgan fingerprint density at radius 3 is 2.65 bits per heavy atom. The molecule has 3 nitrogen and oxygen atoms in total. The highest BCUT2D eigenvalue weighted by molar-refractivity contribution is 5.28. The van der Waals surface area contributed by atoms with Gasteiger partial charge in [0.25, 0.3) is 0 Å². The summed E-state index contributed by atoms with van der Waals surface area (Å²) in [5.41, 5.74) is 1.26. The maximum Gasteiger partial charge on any atom is 0.119 e. The molecular weight excluding hydrogens is 248 g/mol. The van der Waals surface area contributed by atoms with E-state index in [-0.39, 0.29) is 0 Å².